The first kappa shape index (κ1) is 22.9. The van der Waals surface area contributed by atoms with Crippen LogP contribution in [0.25, 0.3) is 10.6 Å². The summed E-state index contributed by atoms with van der Waals surface area (Å²) in [5.74, 6) is -0.500. The fourth-order valence-electron chi connectivity index (χ4n) is 2.99. The topological polar surface area (TPSA) is 84.0 Å². The third-order valence-electron chi connectivity index (χ3n) is 4.35. The summed E-state index contributed by atoms with van der Waals surface area (Å²) in [6.45, 7) is 5.95. The van der Waals surface area contributed by atoms with E-state index in [4.69, 9.17) is 11.6 Å². The van der Waals surface area contributed by atoms with Gasteiger partial charge in [0.2, 0.25) is 16.9 Å². The fourth-order valence-corrected chi connectivity index (χ4v) is 3.92. The Hall–Kier alpha value is -2.77. The Kier molecular flexibility index (Phi) is 7.41. The predicted molar refractivity (Wildman–Crippen MR) is 125 cm³/mol. The number of nitrogens with zero attached hydrogens (tertiary/aromatic N) is 2. The van der Waals surface area contributed by atoms with Crippen molar-refractivity contribution in [1.82, 2.24) is 15.5 Å². The molecule has 0 spiro atoms. The summed E-state index contributed by atoms with van der Waals surface area (Å²) in [7, 11) is 0. The lowest BCUT2D eigenvalue weighted by atomic mass is 9.91. The molecule has 0 saturated carbocycles. The van der Waals surface area contributed by atoms with Crippen LogP contribution in [-0.4, -0.2) is 28.1 Å². The first-order valence-electron chi connectivity index (χ1n) is 9.93. The number of nitrogens with one attached hydrogen (secondary N) is 2. The van der Waals surface area contributed by atoms with Crippen molar-refractivity contribution < 1.29 is 9.59 Å². The van der Waals surface area contributed by atoms with E-state index in [1.54, 1.807) is 12.1 Å². The lowest BCUT2D eigenvalue weighted by molar-refractivity contribution is -0.127. The van der Waals surface area contributed by atoms with Crippen LogP contribution in [0, 0.1) is 5.41 Å². The van der Waals surface area contributed by atoms with Crippen LogP contribution in [0.15, 0.2) is 54.6 Å². The zero-order valence-corrected chi connectivity index (χ0v) is 19.3. The van der Waals surface area contributed by atoms with Gasteiger partial charge in [0.1, 0.15) is 11.0 Å². The SMILES string of the molecule is CC(C)(C)CC(=O)NC(Cc1ccccc1)C(=O)Nc1nnc(-c2cccc(Cl)c2)s1. The first-order valence-corrected chi connectivity index (χ1v) is 11.1. The number of hydrogen-bond acceptors (Lipinski definition) is 5. The van der Waals surface area contributed by atoms with Crippen LogP contribution in [0.1, 0.15) is 32.8 Å². The van der Waals surface area contributed by atoms with Gasteiger partial charge in [-0.3, -0.25) is 14.9 Å². The Morgan fingerprint density at radius 2 is 1.81 bits per heavy atom. The predicted octanol–water partition coefficient (Wildman–Crippen LogP) is 4.96. The van der Waals surface area contributed by atoms with Crippen molar-refractivity contribution in [3.05, 3.63) is 65.2 Å². The van der Waals surface area contributed by atoms with Crippen molar-refractivity contribution in [2.24, 2.45) is 5.41 Å². The van der Waals surface area contributed by atoms with Crippen molar-refractivity contribution in [3.8, 4) is 10.6 Å². The van der Waals surface area contributed by atoms with Crippen molar-refractivity contribution in [2.45, 2.75) is 39.7 Å². The minimum absolute atomic E-state index is 0.166. The van der Waals surface area contributed by atoms with E-state index >= 15 is 0 Å². The van der Waals surface area contributed by atoms with E-state index in [1.807, 2.05) is 63.2 Å². The molecule has 6 nitrogen and oxygen atoms in total. The lowest BCUT2D eigenvalue weighted by Gasteiger charge is -2.22. The molecule has 0 saturated heterocycles. The summed E-state index contributed by atoms with van der Waals surface area (Å²) < 4.78 is 0. The molecule has 1 unspecified atom stereocenters. The lowest BCUT2D eigenvalue weighted by Crippen LogP contribution is -2.46. The monoisotopic (exact) mass is 456 g/mol. The largest absolute Gasteiger partial charge is 0.344 e. The molecule has 0 aliphatic rings. The Morgan fingerprint density at radius 1 is 1.06 bits per heavy atom. The van der Waals surface area contributed by atoms with Gasteiger partial charge in [-0.15, -0.1) is 10.2 Å². The highest BCUT2D eigenvalue weighted by Crippen LogP contribution is 2.28. The number of amides is 2. The fraction of sp³-hybridized carbons (Fsp3) is 0.304. The van der Waals surface area contributed by atoms with Gasteiger partial charge in [-0.25, -0.2) is 0 Å². The minimum atomic E-state index is -0.726. The molecule has 1 atom stereocenters. The molecule has 2 aromatic carbocycles. The van der Waals surface area contributed by atoms with E-state index in [2.05, 4.69) is 20.8 Å². The van der Waals surface area contributed by atoms with Crippen LogP contribution in [0.5, 0.6) is 0 Å². The van der Waals surface area contributed by atoms with Gasteiger partial charge < -0.3 is 5.32 Å². The average Bonchev–Trinajstić information content (AvgIpc) is 3.15. The maximum atomic E-state index is 13.0. The van der Waals surface area contributed by atoms with Gasteiger partial charge in [0.25, 0.3) is 0 Å². The maximum absolute atomic E-state index is 13.0. The first-order chi connectivity index (χ1) is 14.7. The Labute approximate surface area is 191 Å². The molecule has 0 aliphatic carbocycles. The number of carbonyl (C=O) groups excluding carboxylic acids is 2. The quantitative estimate of drug-likeness (QED) is 0.526. The summed E-state index contributed by atoms with van der Waals surface area (Å²) in [5.41, 5.74) is 1.60. The molecule has 2 amide bonds. The van der Waals surface area contributed by atoms with Crippen molar-refractivity contribution in [2.75, 3.05) is 5.32 Å². The maximum Gasteiger partial charge on any atom is 0.249 e. The van der Waals surface area contributed by atoms with E-state index in [9.17, 15) is 9.59 Å². The standard InChI is InChI=1S/C23H25ClN4O2S/c1-23(2,3)14-19(29)25-18(12-15-8-5-4-6-9-15)20(30)26-22-28-27-21(31-22)16-10-7-11-17(24)13-16/h4-11,13,18H,12,14H2,1-3H3,(H,25,29)(H,26,28,30). The van der Waals surface area contributed by atoms with Crippen molar-refractivity contribution in [3.63, 3.8) is 0 Å². The molecule has 8 heteroatoms. The average molecular weight is 457 g/mol. The summed E-state index contributed by atoms with van der Waals surface area (Å²) in [5, 5.41) is 15.5. The molecule has 31 heavy (non-hydrogen) atoms. The van der Waals surface area contributed by atoms with Gasteiger partial charge in [0, 0.05) is 23.4 Å². The van der Waals surface area contributed by atoms with E-state index in [-0.39, 0.29) is 17.2 Å². The zero-order valence-electron chi connectivity index (χ0n) is 17.7. The van der Waals surface area contributed by atoms with E-state index < -0.39 is 6.04 Å². The van der Waals surface area contributed by atoms with Crippen LogP contribution in [-0.2, 0) is 16.0 Å². The second kappa shape index (κ2) is 10.0. The van der Waals surface area contributed by atoms with Crippen molar-refractivity contribution >= 4 is 39.9 Å². The highest BCUT2D eigenvalue weighted by molar-refractivity contribution is 7.18. The van der Waals surface area contributed by atoms with Crippen LogP contribution in [0.4, 0.5) is 5.13 Å². The van der Waals surface area contributed by atoms with Gasteiger partial charge in [0.15, 0.2) is 0 Å². The molecule has 3 rings (SSSR count). The smallest absolute Gasteiger partial charge is 0.249 e. The van der Waals surface area contributed by atoms with Crippen LogP contribution < -0.4 is 10.6 Å². The molecule has 0 fully saturated rings. The third-order valence-corrected chi connectivity index (χ3v) is 5.47. The van der Waals surface area contributed by atoms with E-state index in [0.29, 0.717) is 28.0 Å². The summed E-state index contributed by atoms with van der Waals surface area (Å²) in [6, 6.07) is 16.1. The highest BCUT2D eigenvalue weighted by Gasteiger charge is 2.25. The Balaban J connectivity index is 1.74. The zero-order chi connectivity index (χ0) is 22.4. The number of benzene rings is 2. The van der Waals surface area contributed by atoms with Gasteiger partial charge in [0.05, 0.1) is 0 Å². The number of anilines is 1. The highest BCUT2D eigenvalue weighted by atomic mass is 35.5. The molecule has 0 bridgehead atoms. The van der Waals surface area contributed by atoms with Crippen LogP contribution in [0.2, 0.25) is 5.02 Å². The minimum Gasteiger partial charge on any atom is -0.344 e. The van der Waals surface area contributed by atoms with Crippen LogP contribution in [0.3, 0.4) is 0 Å². The van der Waals surface area contributed by atoms with E-state index in [0.717, 1.165) is 11.1 Å². The molecule has 0 aliphatic heterocycles. The molecule has 3 aromatic rings. The molecular weight excluding hydrogens is 432 g/mol. The third kappa shape index (κ3) is 7.15. The van der Waals surface area contributed by atoms with Gasteiger partial charge in [-0.05, 0) is 23.1 Å². The van der Waals surface area contributed by atoms with Crippen LogP contribution >= 0.6 is 22.9 Å². The molecule has 0 radical (unpaired) electrons. The molecule has 1 heterocycles. The summed E-state index contributed by atoms with van der Waals surface area (Å²) >= 11 is 7.30. The number of carbonyl (C=O) groups is 2. The number of hydrogen-bond donors (Lipinski definition) is 2. The molecule has 2 N–H and O–H groups in total. The normalized spacial score (nSPS) is 12.3. The van der Waals surface area contributed by atoms with Crippen molar-refractivity contribution in [1.29, 1.82) is 0 Å². The molecular formula is C23H25ClN4O2S. The Morgan fingerprint density at radius 3 is 2.48 bits per heavy atom. The number of rotatable bonds is 7. The molecule has 162 valence electrons. The number of aromatic nitrogens is 2. The summed E-state index contributed by atoms with van der Waals surface area (Å²) in [6.07, 6.45) is 0.700. The second-order valence-electron chi connectivity index (χ2n) is 8.46. The van der Waals surface area contributed by atoms with Gasteiger partial charge >= 0.3 is 0 Å². The number of halogens is 1. The Bertz CT molecular complexity index is 1050. The van der Waals surface area contributed by atoms with Gasteiger partial charge in [-0.1, -0.05) is 86.2 Å². The summed E-state index contributed by atoms with van der Waals surface area (Å²) in [4.78, 5) is 25.5. The van der Waals surface area contributed by atoms with E-state index in [1.165, 1.54) is 11.3 Å². The molecule has 1 aromatic heterocycles. The second-order valence-corrected chi connectivity index (χ2v) is 9.87. The van der Waals surface area contributed by atoms with Gasteiger partial charge in [-0.2, -0.15) is 0 Å².